The van der Waals surface area contributed by atoms with Gasteiger partial charge in [-0.15, -0.1) is 0 Å². The summed E-state index contributed by atoms with van der Waals surface area (Å²) in [5.74, 6) is -1.05. The summed E-state index contributed by atoms with van der Waals surface area (Å²) in [5.41, 5.74) is 7.17. The fraction of sp³-hybridized carbons (Fsp3) is 0.0588. The third-order valence-electron chi connectivity index (χ3n) is 3.37. The van der Waals surface area contributed by atoms with Gasteiger partial charge in [-0.1, -0.05) is 24.3 Å². The van der Waals surface area contributed by atoms with Crippen LogP contribution in [0.5, 0.6) is 0 Å². The standard InChI is InChI=1S/C17H15N5O2/c18-16(23)15-9-14(21-22(15)13-6-2-1-3-7-13)17(24)20-11-12-5-4-8-19-10-12/h1-10H,11H2,(H2,18,23)(H,20,24). The number of nitrogens with zero attached hydrogens (tertiary/aromatic N) is 3. The number of para-hydroxylation sites is 1. The van der Waals surface area contributed by atoms with Gasteiger partial charge in [0.25, 0.3) is 11.8 Å². The lowest BCUT2D eigenvalue weighted by atomic mass is 10.2. The average molecular weight is 321 g/mol. The van der Waals surface area contributed by atoms with Gasteiger partial charge in [0.15, 0.2) is 5.69 Å². The number of hydrogen-bond donors (Lipinski definition) is 2. The molecule has 0 aliphatic heterocycles. The number of carbonyl (C=O) groups is 2. The number of amides is 2. The van der Waals surface area contributed by atoms with Crippen LogP contribution in [0.15, 0.2) is 60.9 Å². The van der Waals surface area contributed by atoms with Gasteiger partial charge in [0.2, 0.25) is 0 Å². The minimum Gasteiger partial charge on any atom is -0.364 e. The third-order valence-corrected chi connectivity index (χ3v) is 3.37. The predicted octanol–water partition coefficient (Wildman–Crippen LogP) is 1.30. The Morgan fingerprint density at radius 1 is 1.12 bits per heavy atom. The van der Waals surface area contributed by atoms with Crippen LogP contribution in [0.2, 0.25) is 0 Å². The molecular weight excluding hydrogens is 306 g/mol. The number of pyridine rings is 1. The Hall–Kier alpha value is -3.48. The van der Waals surface area contributed by atoms with Crippen LogP contribution in [0.25, 0.3) is 5.69 Å². The van der Waals surface area contributed by atoms with Gasteiger partial charge < -0.3 is 11.1 Å². The van der Waals surface area contributed by atoms with Gasteiger partial charge in [0.05, 0.1) is 5.69 Å². The first kappa shape index (κ1) is 15.4. The molecule has 2 aromatic heterocycles. The zero-order chi connectivity index (χ0) is 16.9. The summed E-state index contributed by atoms with van der Waals surface area (Å²) in [6, 6.07) is 14.0. The van der Waals surface area contributed by atoms with E-state index >= 15 is 0 Å². The molecular formula is C17H15N5O2. The van der Waals surface area contributed by atoms with Crippen LogP contribution >= 0.6 is 0 Å². The first-order valence-corrected chi connectivity index (χ1v) is 7.27. The highest BCUT2D eigenvalue weighted by Crippen LogP contribution is 2.12. The zero-order valence-electron chi connectivity index (χ0n) is 12.7. The molecule has 3 N–H and O–H groups in total. The van der Waals surface area contributed by atoms with E-state index in [0.717, 1.165) is 5.56 Å². The predicted molar refractivity (Wildman–Crippen MR) is 87.5 cm³/mol. The van der Waals surface area contributed by atoms with E-state index in [2.05, 4.69) is 15.4 Å². The molecule has 1 aromatic carbocycles. The van der Waals surface area contributed by atoms with Crippen molar-refractivity contribution in [2.45, 2.75) is 6.54 Å². The van der Waals surface area contributed by atoms with E-state index in [-0.39, 0.29) is 11.4 Å². The topological polar surface area (TPSA) is 103 Å². The SMILES string of the molecule is NC(=O)c1cc(C(=O)NCc2cccnc2)nn1-c1ccccc1. The highest BCUT2D eigenvalue weighted by atomic mass is 16.2. The van der Waals surface area contributed by atoms with Gasteiger partial charge in [-0.3, -0.25) is 14.6 Å². The van der Waals surface area contributed by atoms with Crippen molar-refractivity contribution >= 4 is 11.8 Å². The Kier molecular flexibility index (Phi) is 4.33. The Bertz CT molecular complexity index is 859. The minimum absolute atomic E-state index is 0.122. The first-order valence-electron chi connectivity index (χ1n) is 7.27. The van der Waals surface area contributed by atoms with Crippen molar-refractivity contribution in [2.75, 3.05) is 0 Å². The summed E-state index contributed by atoms with van der Waals surface area (Å²) in [7, 11) is 0. The molecule has 7 heteroatoms. The summed E-state index contributed by atoms with van der Waals surface area (Å²) >= 11 is 0. The van der Waals surface area contributed by atoms with Crippen molar-refractivity contribution in [3.63, 3.8) is 0 Å². The van der Waals surface area contributed by atoms with Crippen LogP contribution in [0, 0.1) is 0 Å². The van der Waals surface area contributed by atoms with Crippen molar-refractivity contribution in [3.8, 4) is 5.69 Å². The van der Waals surface area contributed by atoms with Gasteiger partial charge in [-0.2, -0.15) is 5.10 Å². The van der Waals surface area contributed by atoms with E-state index in [1.54, 1.807) is 30.6 Å². The van der Waals surface area contributed by atoms with E-state index in [0.29, 0.717) is 12.2 Å². The van der Waals surface area contributed by atoms with Crippen molar-refractivity contribution in [3.05, 3.63) is 77.9 Å². The molecule has 0 aliphatic carbocycles. The average Bonchev–Trinajstić information content (AvgIpc) is 3.07. The monoisotopic (exact) mass is 321 g/mol. The maximum atomic E-state index is 12.3. The van der Waals surface area contributed by atoms with E-state index in [1.807, 2.05) is 24.3 Å². The zero-order valence-corrected chi connectivity index (χ0v) is 12.7. The van der Waals surface area contributed by atoms with Crippen molar-refractivity contribution in [1.29, 1.82) is 0 Å². The van der Waals surface area contributed by atoms with E-state index in [4.69, 9.17) is 5.73 Å². The number of nitrogens with one attached hydrogen (secondary N) is 1. The molecule has 2 heterocycles. The number of rotatable bonds is 5. The molecule has 24 heavy (non-hydrogen) atoms. The molecule has 3 rings (SSSR count). The van der Waals surface area contributed by atoms with E-state index < -0.39 is 11.8 Å². The van der Waals surface area contributed by atoms with E-state index in [9.17, 15) is 9.59 Å². The Morgan fingerprint density at radius 3 is 2.58 bits per heavy atom. The van der Waals surface area contributed by atoms with Gasteiger partial charge >= 0.3 is 0 Å². The lowest BCUT2D eigenvalue weighted by Crippen LogP contribution is -2.23. The smallest absolute Gasteiger partial charge is 0.272 e. The molecule has 120 valence electrons. The van der Waals surface area contributed by atoms with Crippen LogP contribution in [0.3, 0.4) is 0 Å². The second-order valence-electron chi connectivity index (χ2n) is 5.07. The second-order valence-corrected chi connectivity index (χ2v) is 5.07. The molecule has 0 aliphatic rings. The number of hydrogen-bond acceptors (Lipinski definition) is 4. The Labute approximate surface area is 138 Å². The van der Waals surface area contributed by atoms with Crippen molar-refractivity contribution < 1.29 is 9.59 Å². The maximum Gasteiger partial charge on any atom is 0.272 e. The largest absolute Gasteiger partial charge is 0.364 e. The van der Waals surface area contributed by atoms with Crippen LogP contribution in [0.1, 0.15) is 26.5 Å². The molecule has 2 amide bonds. The number of primary amides is 1. The molecule has 3 aromatic rings. The molecule has 0 bridgehead atoms. The summed E-state index contributed by atoms with van der Waals surface area (Å²) < 4.78 is 1.36. The molecule has 7 nitrogen and oxygen atoms in total. The van der Waals surface area contributed by atoms with Crippen LogP contribution in [-0.4, -0.2) is 26.6 Å². The van der Waals surface area contributed by atoms with Crippen LogP contribution in [-0.2, 0) is 6.54 Å². The van der Waals surface area contributed by atoms with Gasteiger partial charge in [-0.25, -0.2) is 4.68 Å². The van der Waals surface area contributed by atoms with E-state index in [1.165, 1.54) is 10.7 Å². The molecule has 0 radical (unpaired) electrons. The molecule has 0 saturated carbocycles. The molecule has 0 atom stereocenters. The third kappa shape index (κ3) is 3.30. The number of benzene rings is 1. The number of nitrogens with two attached hydrogens (primary N) is 1. The summed E-state index contributed by atoms with van der Waals surface area (Å²) in [5, 5.41) is 6.94. The molecule has 0 fully saturated rings. The highest BCUT2D eigenvalue weighted by molar-refractivity contribution is 5.97. The summed E-state index contributed by atoms with van der Waals surface area (Å²) in [6.45, 7) is 0.316. The lowest BCUT2D eigenvalue weighted by molar-refractivity contribution is 0.0944. The van der Waals surface area contributed by atoms with Crippen molar-refractivity contribution in [2.24, 2.45) is 5.73 Å². The quantitative estimate of drug-likeness (QED) is 0.739. The minimum atomic E-state index is -0.655. The van der Waals surface area contributed by atoms with Crippen LogP contribution in [0.4, 0.5) is 0 Å². The maximum absolute atomic E-state index is 12.3. The van der Waals surface area contributed by atoms with Gasteiger partial charge in [0, 0.05) is 25.0 Å². The lowest BCUT2D eigenvalue weighted by Gasteiger charge is -2.04. The fourth-order valence-electron chi connectivity index (χ4n) is 2.21. The fourth-order valence-corrected chi connectivity index (χ4v) is 2.21. The van der Waals surface area contributed by atoms with Gasteiger partial charge in [-0.05, 0) is 23.8 Å². The molecule has 0 saturated heterocycles. The first-order chi connectivity index (χ1) is 11.6. The van der Waals surface area contributed by atoms with Crippen molar-refractivity contribution in [1.82, 2.24) is 20.1 Å². The summed E-state index contributed by atoms with van der Waals surface area (Å²) in [6.07, 6.45) is 3.32. The summed E-state index contributed by atoms with van der Waals surface area (Å²) in [4.78, 5) is 27.9. The molecule has 0 unspecified atom stereocenters. The Morgan fingerprint density at radius 2 is 1.92 bits per heavy atom. The normalized spacial score (nSPS) is 10.3. The Balaban J connectivity index is 1.83. The second kappa shape index (κ2) is 6.74. The van der Waals surface area contributed by atoms with Crippen LogP contribution < -0.4 is 11.1 Å². The van der Waals surface area contributed by atoms with Gasteiger partial charge in [0.1, 0.15) is 5.69 Å². The number of carbonyl (C=O) groups excluding carboxylic acids is 2. The number of aromatic nitrogens is 3. The highest BCUT2D eigenvalue weighted by Gasteiger charge is 2.18. The molecule has 0 spiro atoms.